The summed E-state index contributed by atoms with van der Waals surface area (Å²) in [6.45, 7) is 5.51. The first-order valence-corrected chi connectivity index (χ1v) is 7.27. The van der Waals surface area contributed by atoms with Crippen LogP contribution in [0.5, 0.6) is 5.75 Å². The van der Waals surface area contributed by atoms with Gasteiger partial charge < -0.3 is 19.1 Å². The molecule has 2 rings (SSSR count). The molecule has 1 saturated heterocycles. The fourth-order valence-corrected chi connectivity index (χ4v) is 2.09. The summed E-state index contributed by atoms with van der Waals surface area (Å²) in [6.07, 6.45) is 0. The van der Waals surface area contributed by atoms with Crippen molar-refractivity contribution in [1.29, 1.82) is 0 Å². The second-order valence-electron chi connectivity index (χ2n) is 5.21. The molecule has 0 radical (unpaired) electrons. The molecule has 1 fully saturated rings. The molecule has 6 nitrogen and oxygen atoms in total. The van der Waals surface area contributed by atoms with Crippen molar-refractivity contribution >= 4 is 11.9 Å². The van der Waals surface area contributed by atoms with Gasteiger partial charge in [0, 0.05) is 13.1 Å². The number of amides is 1. The Morgan fingerprint density at radius 1 is 1.18 bits per heavy atom. The summed E-state index contributed by atoms with van der Waals surface area (Å²) in [6, 6.07) is 5.76. The highest BCUT2D eigenvalue weighted by molar-refractivity contribution is 5.81. The van der Waals surface area contributed by atoms with E-state index >= 15 is 0 Å². The second-order valence-corrected chi connectivity index (χ2v) is 5.21. The van der Waals surface area contributed by atoms with Gasteiger partial charge in [0.05, 0.1) is 13.2 Å². The monoisotopic (exact) mass is 307 g/mol. The fraction of sp³-hybridized carbons (Fsp3) is 0.500. The van der Waals surface area contributed by atoms with Crippen LogP contribution in [0, 0.1) is 13.8 Å². The number of morpholine rings is 1. The van der Waals surface area contributed by atoms with Gasteiger partial charge in [0.25, 0.3) is 5.91 Å². The number of hydrogen-bond acceptors (Lipinski definition) is 5. The minimum atomic E-state index is -0.553. The van der Waals surface area contributed by atoms with Gasteiger partial charge >= 0.3 is 5.97 Å². The predicted octanol–water partition coefficient (Wildman–Crippen LogP) is 1.08. The van der Waals surface area contributed by atoms with E-state index in [0.29, 0.717) is 32.1 Å². The zero-order valence-electron chi connectivity index (χ0n) is 13.0. The number of nitrogens with zero attached hydrogens (tertiary/aromatic N) is 1. The van der Waals surface area contributed by atoms with Crippen molar-refractivity contribution in [2.45, 2.75) is 13.8 Å². The lowest BCUT2D eigenvalue weighted by molar-refractivity contribution is -0.155. The van der Waals surface area contributed by atoms with E-state index in [1.807, 2.05) is 32.0 Å². The molecule has 22 heavy (non-hydrogen) atoms. The molecule has 0 saturated carbocycles. The Morgan fingerprint density at radius 3 is 2.64 bits per heavy atom. The van der Waals surface area contributed by atoms with Crippen LogP contribution in [0.1, 0.15) is 11.1 Å². The zero-order chi connectivity index (χ0) is 15.9. The molecule has 1 aliphatic rings. The Bertz CT molecular complexity index is 537. The lowest BCUT2D eigenvalue weighted by atomic mass is 10.1. The van der Waals surface area contributed by atoms with Gasteiger partial charge in [-0.15, -0.1) is 0 Å². The number of hydrogen-bond donors (Lipinski definition) is 0. The highest BCUT2D eigenvalue weighted by atomic mass is 16.6. The molecule has 0 aliphatic carbocycles. The van der Waals surface area contributed by atoms with Crippen molar-refractivity contribution in [3.8, 4) is 5.75 Å². The zero-order valence-corrected chi connectivity index (χ0v) is 13.0. The van der Waals surface area contributed by atoms with Crippen molar-refractivity contribution in [2.24, 2.45) is 0 Å². The Hall–Kier alpha value is -2.08. The standard InChI is InChI=1S/C16H21NO5/c1-12-3-4-13(2)14(9-12)21-11-16(19)22-10-15(18)17-5-7-20-8-6-17/h3-4,9H,5-8,10-11H2,1-2H3. The summed E-state index contributed by atoms with van der Waals surface area (Å²) in [5.41, 5.74) is 2.00. The SMILES string of the molecule is Cc1ccc(C)c(OCC(=O)OCC(=O)N2CCOCC2)c1. The molecule has 6 heteroatoms. The van der Waals surface area contributed by atoms with Gasteiger partial charge in [-0.2, -0.15) is 0 Å². The molecule has 1 aliphatic heterocycles. The third kappa shape index (κ3) is 4.73. The van der Waals surface area contributed by atoms with Gasteiger partial charge in [-0.3, -0.25) is 4.79 Å². The number of benzene rings is 1. The molecule has 1 aromatic carbocycles. The maximum atomic E-state index is 11.8. The Kier molecular flexibility index (Phi) is 5.77. The average Bonchev–Trinajstić information content (AvgIpc) is 2.54. The van der Waals surface area contributed by atoms with Gasteiger partial charge in [0.2, 0.25) is 0 Å². The number of esters is 1. The first-order valence-electron chi connectivity index (χ1n) is 7.27. The third-order valence-electron chi connectivity index (χ3n) is 3.41. The van der Waals surface area contributed by atoms with Crippen molar-refractivity contribution < 1.29 is 23.8 Å². The summed E-state index contributed by atoms with van der Waals surface area (Å²) < 4.78 is 15.6. The lowest BCUT2D eigenvalue weighted by Gasteiger charge is -2.26. The van der Waals surface area contributed by atoms with Gasteiger partial charge in [-0.25, -0.2) is 4.79 Å². The molecule has 0 aromatic heterocycles. The van der Waals surface area contributed by atoms with E-state index in [-0.39, 0.29) is 19.1 Å². The van der Waals surface area contributed by atoms with Crippen LogP contribution in [0.2, 0.25) is 0 Å². The van der Waals surface area contributed by atoms with Gasteiger partial charge in [0.15, 0.2) is 13.2 Å². The number of aryl methyl sites for hydroxylation is 2. The Morgan fingerprint density at radius 2 is 1.91 bits per heavy atom. The van der Waals surface area contributed by atoms with Crippen LogP contribution in [-0.4, -0.2) is 56.3 Å². The number of carbonyl (C=O) groups is 2. The molecule has 0 spiro atoms. The van der Waals surface area contributed by atoms with Crippen LogP contribution in [-0.2, 0) is 19.1 Å². The molecular weight excluding hydrogens is 286 g/mol. The smallest absolute Gasteiger partial charge is 0.344 e. The Balaban J connectivity index is 1.73. The van der Waals surface area contributed by atoms with Crippen LogP contribution in [0.3, 0.4) is 0 Å². The Labute approximate surface area is 129 Å². The van der Waals surface area contributed by atoms with E-state index in [9.17, 15) is 9.59 Å². The molecule has 0 N–H and O–H groups in total. The maximum absolute atomic E-state index is 11.8. The van der Waals surface area contributed by atoms with Crippen LogP contribution >= 0.6 is 0 Å². The van der Waals surface area contributed by atoms with Crippen LogP contribution in [0.4, 0.5) is 0 Å². The van der Waals surface area contributed by atoms with Crippen molar-refractivity contribution in [2.75, 3.05) is 39.5 Å². The van der Waals surface area contributed by atoms with Crippen molar-refractivity contribution in [3.05, 3.63) is 29.3 Å². The second kappa shape index (κ2) is 7.79. The summed E-state index contributed by atoms with van der Waals surface area (Å²) in [4.78, 5) is 25.1. The van der Waals surface area contributed by atoms with Crippen molar-refractivity contribution in [3.63, 3.8) is 0 Å². The van der Waals surface area contributed by atoms with Gasteiger partial charge in [0.1, 0.15) is 5.75 Å². The summed E-state index contributed by atoms with van der Waals surface area (Å²) >= 11 is 0. The topological polar surface area (TPSA) is 65.1 Å². The molecule has 1 amide bonds. The van der Waals surface area contributed by atoms with Crippen LogP contribution in [0.15, 0.2) is 18.2 Å². The quantitative estimate of drug-likeness (QED) is 0.762. The van der Waals surface area contributed by atoms with Crippen molar-refractivity contribution in [1.82, 2.24) is 4.90 Å². The fourth-order valence-electron chi connectivity index (χ4n) is 2.09. The maximum Gasteiger partial charge on any atom is 0.344 e. The van der Waals surface area contributed by atoms with E-state index in [1.165, 1.54) is 0 Å². The lowest BCUT2D eigenvalue weighted by Crippen LogP contribution is -2.42. The molecular formula is C16H21NO5. The minimum Gasteiger partial charge on any atom is -0.482 e. The molecule has 0 unspecified atom stereocenters. The average molecular weight is 307 g/mol. The minimum absolute atomic E-state index is 0.205. The third-order valence-corrected chi connectivity index (χ3v) is 3.41. The molecule has 120 valence electrons. The number of ether oxygens (including phenoxy) is 3. The molecule has 0 bridgehead atoms. The van der Waals surface area contributed by atoms with Gasteiger partial charge in [-0.1, -0.05) is 12.1 Å². The molecule has 1 heterocycles. The summed E-state index contributed by atoms with van der Waals surface area (Å²) in [7, 11) is 0. The predicted molar refractivity (Wildman–Crippen MR) is 79.8 cm³/mol. The highest BCUT2D eigenvalue weighted by Gasteiger charge is 2.18. The van der Waals surface area contributed by atoms with E-state index in [0.717, 1.165) is 11.1 Å². The molecule has 1 aromatic rings. The number of carbonyl (C=O) groups excluding carboxylic acids is 2. The first kappa shape index (κ1) is 16.3. The molecule has 0 atom stereocenters. The van der Waals surface area contributed by atoms with Gasteiger partial charge in [-0.05, 0) is 31.0 Å². The van der Waals surface area contributed by atoms with E-state index < -0.39 is 5.97 Å². The highest BCUT2D eigenvalue weighted by Crippen LogP contribution is 2.18. The summed E-state index contributed by atoms with van der Waals surface area (Å²) in [5, 5.41) is 0. The van der Waals surface area contributed by atoms with E-state index in [4.69, 9.17) is 14.2 Å². The van der Waals surface area contributed by atoms with E-state index in [2.05, 4.69) is 0 Å². The first-order chi connectivity index (χ1) is 10.6. The van der Waals surface area contributed by atoms with E-state index in [1.54, 1.807) is 4.90 Å². The summed E-state index contributed by atoms with van der Waals surface area (Å²) in [5.74, 6) is -0.109. The van der Waals surface area contributed by atoms with Crippen LogP contribution in [0.25, 0.3) is 0 Å². The number of rotatable bonds is 5. The normalized spacial score (nSPS) is 14.5. The largest absolute Gasteiger partial charge is 0.482 e. The van der Waals surface area contributed by atoms with Crippen LogP contribution < -0.4 is 4.74 Å².